The van der Waals surface area contributed by atoms with Crippen LogP contribution in [0.4, 0.5) is 10.5 Å². The van der Waals surface area contributed by atoms with Gasteiger partial charge < -0.3 is 4.90 Å². The van der Waals surface area contributed by atoms with Crippen molar-refractivity contribution in [3.63, 3.8) is 0 Å². The Balaban J connectivity index is 1.96. The number of nitrogens with zero attached hydrogens (tertiary/aromatic N) is 1. The molecule has 0 atom stereocenters. The average molecular weight is 363 g/mol. The van der Waals surface area contributed by atoms with Gasteiger partial charge in [-0.1, -0.05) is 42.5 Å². The van der Waals surface area contributed by atoms with E-state index in [4.69, 9.17) is 0 Å². The number of nitrogens with one attached hydrogen (secondary N) is 2. The van der Waals surface area contributed by atoms with Gasteiger partial charge in [0.15, 0.2) is 0 Å². The summed E-state index contributed by atoms with van der Waals surface area (Å²) in [5.41, 5.74) is 2.05. The first-order chi connectivity index (χ1) is 13.0. The second-order valence-electron chi connectivity index (χ2n) is 6.07. The summed E-state index contributed by atoms with van der Waals surface area (Å²) in [7, 11) is 0. The van der Waals surface area contributed by atoms with Crippen molar-refractivity contribution in [2.45, 2.75) is 13.8 Å². The topological polar surface area (TPSA) is 78.5 Å². The Kier molecular flexibility index (Phi) is 5.35. The van der Waals surface area contributed by atoms with E-state index in [0.29, 0.717) is 0 Å². The average Bonchev–Trinajstić information content (AvgIpc) is 2.65. The summed E-state index contributed by atoms with van der Waals surface area (Å²) in [5, 5.41) is 6.34. The molecule has 0 saturated carbocycles. The number of hydrogen-bond acceptors (Lipinski definition) is 4. The zero-order chi connectivity index (χ0) is 19.4. The number of hydrogen-bond donors (Lipinski definition) is 2. The van der Waals surface area contributed by atoms with Crippen LogP contribution in [0.3, 0.4) is 0 Å². The van der Waals surface area contributed by atoms with Gasteiger partial charge in [-0.05, 0) is 36.9 Å². The summed E-state index contributed by atoms with van der Waals surface area (Å²) >= 11 is 0. The minimum absolute atomic E-state index is 0.102. The van der Waals surface area contributed by atoms with Crippen molar-refractivity contribution in [2.75, 3.05) is 18.0 Å². The molecule has 6 nitrogen and oxygen atoms in total. The molecule has 2 aromatic carbocycles. The minimum atomic E-state index is -0.802. The maximum atomic E-state index is 11.8. The van der Waals surface area contributed by atoms with Crippen LogP contribution in [0.25, 0.3) is 16.8 Å². The van der Waals surface area contributed by atoms with Gasteiger partial charge in [0.2, 0.25) is 0 Å². The van der Waals surface area contributed by atoms with Crippen LogP contribution in [-0.4, -0.2) is 30.9 Å². The van der Waals surface area contributed by atoms with Crippen LogP contribution >= 0.6 is 0 Å². The second kappa shape index (κ2) is 7.86. The van der Waals surface area contributed by atoms with Gasteiger partial charge in [-0.15, -0.1) is 0 Å². The number of barbiturate groups is 1. The highest BCUT2D eigenvalue weighted by Crippen LogP contribution is 2.30. The SMILES string of the molecule is CCN(CC)c1ccc(/C=C/C=C2C(=O)NC(=O)NC2=O)c2ccccc12. The van der Waals surface area contributed by atoms with Crippen LogP contribution in [0.15, 0.2) is 54.1 Å². The maximum absolute atomic E-state index is 11.8. The van der Waals surface area contributed by atoms with Crippen molar-refractivity contribution in [1.29, 1.82) is 0 Å². The molecule has 1 aliphatic heterocycles. The first-order valence-corrected chi connectivity index (χ1v) is 8.86. The molecule has 0 unspecified atom stereocenters. The fourth-order valence-corrected chi connectivity index (χ4v) is 3.17. The molecule has 1 fully saturated rings. The molecule has 27 heavy (non-hydrogen) atoms. The van der Waals surface area contributed by atoms with Crippen molar-refractivity contribution in [1.82, 2.24) is 10.6 Å². The number of urea groups is 1. The van der Waals surface area contributed by atoms with Crippen LogP contribution in [0.5, 0.6) is 0 Å². The van der Waals surface area contributed by atoms with E-state index in [9.17, 15) is 14.4 Å². The molecule has 138 valence electrons. The van der Waals surface area contributed by atoms with E-state index in [-0.39, 0.29) is 5.57 Å². The van der Waals surface area contributed by atoms with Crippen molar-refractivity contribution in [2.24, 2.45) is 0 Å². The van der Waals surface area contributed by atoms with Crippen molar-refractivity contribution in [3.05, 3.63) is 59.7 Å². The Morgan fingerprint density at radius 2 is 1.52 bits per heavy atom. The van der Waals surface area contributed by atoms with Gasteiger partial charge in [-0.3, -0.25) is 20.2 Å². The van der Waals surface area contributed by atoms with Crippen LogP contribution in [-0.2, 0) is 9.59 Å². The van der Waals surface area contributed by atoms with E-state index in [2.05, 4.69) is 41.5 Å². The zero-order valence-electron chi connectivity index (χ0n) is 15.3. The van der Waals surface area contributed by atoms with Crippen LogP contribution < -0.4 is 15.5 Å². The van der Waals surface area contributed by atoms with Crippen LogP contribution in [0.1, 0.15) is 19.4 Å². The highest BCUT2D eigenvalue weighted by molar-refractivity contribution is 6.29. The fraction of sp³-hybridized carbons (Fsp3) is 0.190. The molecule has 4 amide bonds. The summed E-state index contributed by atoms with van der Waals surface area (Å²) in [4.78, 5) is 36.9. The second-order valence-corrected chi connectivity index (χ2v) is 6.07. The lowest BCUT2D eigenvalue weighted by Crippen LogP contribution is -2.51. The predicted molar refractivity (Wildman–Crippen MR) is 106 cm³/mol. The molecule has 0 aliphatic carbocycles. The Labute approximate surface area is 157 Å². The van der Waals surface area contributed by atoms with Crippen LogP contribution in [0, 0.1) is 0 Å². The van der Waals surface area contributed by atoms with Crippen molar-refractivity contribution >= 4 is 40.4 Å². The highest BCUT2D eigenvalue weighted by Gasteiger charge is 2.26. The molecule has 0 radical (unpaired) electrons. The number of amides is 4. The van der Waals surface area contributed by atoms with E-state index in [0.717, 1.165) is 29.4 Å². The summed E-state index contributed by atoms with van der Waals surface area (Å²) in [6.07, 6.45) is 4.89. The molecule has 1 aliphatic rings. The standard InChI is InChI=1S/C21H21N3O3/c1-3-24(4-2)18-13-12-14(15-9-5-6-10-16(15)18)8-7-11-17-19(25)22-21(27)23-20(17)26/h5-13H,3-4H2,1-2H3,(H2,22,23,25,26,27)/b8-7+. The summed E-state index contributed by atoms with van der Waals surface area (Å²) in [5.74, 6) is -1.40. The van der Waals surface area contributed by atoms with Crippen LogP contribution in [0.2, 0.25) is 0 Å². The van der Waals surface area contributed by atoms with Gasteiger partial charge in [0.05, 0.1) is 0 Å². The lowest BCUT2D eigenvalue weighted by Gasteiger charge is -2.23. The largest absolute Gasteiger partial charge is 0.372 e. The number of imide groups is 2. The number of anilines is 1. The number of benzene rings is 2. The fourth-order valence-electron chi connectivity index (χ4n) is 3.17. The third-order valence-electron chi connectivity index (χ3n) is 4.52. The van der Waals surface area contributed by atoms with Crippen molar-refractivity contribution < 1.29 is 14.4 Å². The molecule has 0 bridgehead atoms. The lowest BCUT2D eigenvalue weighted by molar-refractivity contribution is -0.124. The number of allylic oxidation sites excluding steroid dienone is 2. The minimum Gasteiger partial charge on any atom is -0.372 e. The summed E-state index contributed by atoms with van der Waals surface area (Å²) in [6.45, 7) is 6.10. The molecular formula is C21H21N3O3. The first kappa shape index (κ1) is 18.4. The highest BCUT2D eigenvalue weighted by atomic mass is 16.2. The van der Waals surface area contributed by atoms with E-state index in [1.807, 2.05) is 30.3 Å². The molecule has 2 aromatic rings. The molecular weight excluding hydrogens is 342 g/mol. The monoisotopic (exact) mass is 363 g/mol. The molecule has 1 heterocycles. The predicted octanol–water partition coefficient (Wildman–Crippen LogP) is 2.99. The van der Waals surface area contributed by atoms with E-state index < -0.39 is 17.8 Å². The Morgan fingerprint density at radius 3 is 2.15 bits per heavy atom. The quantitative estimate of drug-likeness (QED) is 0.632. The summed E-state index contributed by atoms with van der Waals surface area (Å²) in [6, 6.07) is 11.4. The third kappa shape index (κ3) is 3.74. The van der Waals surface area contributed by atoms with Gasteiger partial charge in [0.25, 0.3) is 11.8 Å². The summed E-state index contributed by atoms with van der Waals surface area (Å²) < 4.78 is 0. The number of fused-ring (bicyclic) bond motifs is 1. The van der Waals surface area contributed by atoms with Gasteiger partial charge in [0, 0.05) is 24.2 Å². The first-order valence-electron chi connectivity index (χ1n) is 8.86. The van der Waals surface area contributed by atoms with Crippen molar-refractivity contribution in [3.8, 4) is 0 Å². The number of carbonyl (C=O) groups excluding carboxylic acids is 3. The zero-order valence-corrected chi connectivity index (χ0v) is 15.3. The molecule has 2 N–H and O–H groups in total. The molecule has 3 rings (SSSR count). The van der Waals surface area contributed by atoms with E-state index in [1.54, 1.807) is 6.08 Å². The van der Waals surface area contributed by atoms with E-state index >= 15 is 0 Å². The molecule has 1 saturated heterocycles. The molecule has 6 heteroatoms. The maximum Gasteiger partial charge on any atom is 0.328 e. The Hall–Kier alpha value is -3.41. The normalized spacial score (nSPS) is 14.4. The van der Waals surface area contributed by atoms with Gasteiger partial charge in [-0.2, -0.15) is 0 Å². The van der Waals surface area contributed by atoms with Gasteiger partial charge in [0.1, 0.15) is 5.57 Å². The van der Waals surface area contributed by atoms with E-state index in [1.165, 1.54) is 11.8 Å². The Bertz CT molecular complexity index is 950. The van der Waals surface area contributed by atoms with Gasteiger partial charge >= 0.3 is 6.03 Å². The molecule has 0 aromatic heterocycles. The Morgan fingerprint density at radius 1 is 0.889 bits per heavy atom. The number of rotatable bonds is 5. The molecule has 0 spiro atoms. The lowest BCUT2D eigenvalue weighted by atomic mass is 10.0. The van der Waals surface area contributed by atoms with Gasteiger partial charge in [-0.25, -0.2) is 4.79 Å². The smallest absolute Gasteiger partial charge is 0.328 e. The number of carbonyl (C=O) groups is 3. The third-order valence-corrected chi connectivity index (χ3v) is 4.52.